The van der Waals surface area contributed by atoms with Gasteiger partial charge in [0.15, 0.2) is 0 Å². The molecule has 1 aromatic rings. The van der Waals surface area contributed by atoms with E-state index in [-0.39, 0.29) is 17.5 Å². The Morgan fingerprint density at radius 2 is 2.33 bits per heavy atom. The number of anilines is 1. The first-order chi connectivity index (χ1) is 8.67. The van der Waals surface area contributed by atoms with Crippen LogP contribution in [-0.2, 0) is 4.79 Å². The van der Waals surface area contributed by atoms with Gasteiger partial charge in [0.2, 0.25) is 5.91 Å². The largest absolute Gasteiger partial charge is 0.310 e. The van der Waals surface area contributed by atoms with Crippen LogP contribution in [0.3, 0.4) is 0 Å². The van der Waals surface area contributed by atoms with Crippen molar-refractivity contribution in [2.45, 2.75) is 18.9 Å². The third-order valence-corrected chi connectivity index (χ3v) is 3.16. The van der Waals surface area contributed by atoms with E-state index in [4.69, 9.17) is 5.26 Å². The van der Waals surface area contributed by atoms with Crippen LogP contribution in [0.5, 0.6) is 0 Å². The van der Waals surface area contributed by atoms with Gasteiger partial charge in [0.25, 0.3) is 0 Å². The summed E-state index contributed by atoms with van der Waals surface area (Å²) in [7, 11) is 1.74. The van der Waals surface area contributed by atoms with Crippen molar-refractivity contribution in [1.29, 1.82) is 5.26 Å². The molecule has 0 radical (unpaired) electrons. The Balaban J connectivity index is 2.36. The second-order valence-corrected chi connectivity index (χ2v) is 4.25. The van der Waals surface area contributed by atoms with Crippen LogP contribution in [0.1, 0.15) is 18.4 Å². The third kappa shape index (κ3) is 2.20. The topological polar surface area (TPSA) is 56.1 Å². The lowest BCUT2D eigenvalue weighted by Gasteiger charge is -2.32. The molecule has 0 spiro atoms. The number of rotatable bonds is 2. The zero-order chi connectivity index (χ0) is 13.1. The average molecular weight is 247 g/mol. The Bertz CT molecular complexity index is 509. The molecule has 1 heterocycles. The number of carbonyl (C=O) groups is 1. The van der Waals surface area contributed by atoms with E-state index in [1.807, 2.05) is 6.07 Å². The number of piperidine rings is 1. The van der Waals surface area contributed by atoms with Crippen LogP contribution >= 0.6 is 0 Å². The normalized spacial score (nSPS) is 19.7. The zero-order valence-electron chi connectivity index (χ0n) is 10.1. The second kappa shape index (κ2) is 5.15. The average Bonchev–Trinajstić information content (AvgIpc) is 2.39. The van der Waals surface area contributed by atoms with Gasteiger partial charge in [-0.25, -0.2) is 4.39 Å². The van der Waals surface area contributed by atoms with Crippen molar-refractivity contribution in [2.24, 2.45) is 0 Å². The van der Waals surface area contributed by atoms with E-state index in [9.17, 15) is 9.18 Å². The highest BCUT2D eigenvalue weighted by atomic mass is 19.1. The minimum atomic E-state index is -0.468. The monoisotopic (exact) mass is 247 g/mol. The molecule has 1 fully saturated rings. The van der Waals surface area contributed by atoms with Gasteiger partial charge in [-0.3, -0.25) is 4.79 Å². The number of benzene rings is 1. The summed E-state index contributed by atoms with van der Waals surface area (Å²) in [4.78, 5) is 13.7. The van der Waals surface area contributed by atoms with Gasteiger partial charge in [-0.05, 0) is 38.1 Å². The summed E-state index contributed by atoms with van der Waals surface area (Å²) in [5.74, 6) is -0.531. The van der Waals surface area contributed by atoms with Gasteiger partial charge in [-0.15, -0.1) is 0 Å². The molecule has 0 saturated carbocycles. The molecule has 1 aliphatic heterocycles. The highest BCUT2D eigenvalue weighted by Gasteiger charge is 2.29. The maximum Gasteiger partial charge on any atom is 0.244 e. The first-order valence-corrected chi connectivity index (χ1v) is 5.85. The number of nitrogens with one attached hydrogen (secondary N) is 1. The highest BCUT2D eigenvalue weighted by molar-refractivity contribution is 5.98. The molecule has 5 heteroatoms. The molecule has 94 valence electrons. The molecule has 1 saturated heterocycles. The van der Waals surface area contributed by atoms with E-state index in [1.54, 1.807) is 11.9 Å². The van der Waals surface area contributed by atoms with Crippen LogP contribution in [0, 0.1) is 17.1 Å². The Hall–Kier alpha value is -1.93. The Morgan fingerprint density at radius 3 is 3.00 bits per heavy atom. The van der Waals surface area contributed by atoms with Crippen molar-refractivity contribution < 1.29 is 9.18 Å². The summed E-state index contributed by atoms with van der Waals surface area (Å²) < 4.78 is 13.1. The number of hydrogen-bond donors (Lipinski definition) is 1. The molecule has 0 bridgehead atoms. The standard InChI is InChI=1S/C13H14FN3O/c1-16-11-3-2-6-17(13(11)18)12-5-4-10(14)7-9(12)8-15/h4-5,7,11,16H,2-3,6H2,1H3. The summed E-state index contributed by atoms with van der Waals surface area (Å²) in [6.45, 7) is 0.567. The fourth-order valence-electron chi connectivity index (χ4n) is 2.22. The lowest BCUT2D eigenvalue weighted by molar-refractivity contribution is -0.121. The van der Waals surface area contributed by atoms with E-state index >= 15 is 0 Å². The Morgan fingerprint density at radius 1 is 1.56 bits per heavy atom. The fourth-order valence-corrected chi connectivity index (χ4v) is 2.22. The molecular weight excluding hydrogens is 233 g/mol. The molecule has 4 nitrogen and oxygen atoms in total. The minimum absolute atomic E-state index is 0.0631. The SMILES string of the molecule is CNC1CCCN(c2ccc(F)cc2C#N)C1=O. The molecule has 1 N–H and O–H groups in total. The van der Waals surface area contributed by atoms with Crippen LogP contribution in [0.25, 0.3) is 0 Å². The summed E-state index contributed by atoms with van der Waals surface area (Å²) >= 11 is 0. The van der Waals surface area contributed by atoms with Crippen LogP contribution in [0.2, 0.25) is 0 Å². The summed E-state index contributed by atoms with van der Waals surface area (Å²) in [6.07, 6.45) is 1.65. The lowest BCUT2D eigenvalue weighted by Crippen LogP contribution is -2.50. The van der Waals surface area contributed by atoms with Gasteiger partial charge < -0.3 is 10.2 Å². The Kier molecular flexibility index (Phi) is 3.58. The van der Waals surface area contributed by atoms with Gasteiger partial charge in [-0.2, -0.15) is 5.26 Å². The van der Waals surface area contributed by atoms with Crippen LogP contribution < -0.4 is 10.2 Å². The number of likely N-dealkylation sites (N-methyl/N-ethyl adjacent to an activating group) is 1. The minimum Gasteiger partial charge on any atom is -0.310 e. The van der Waals surface area contributed by atoms with Crippen molar-refractivity contribution in [3.63, 3.8) is 0 Å². The van der Waals surface area contributed by atoms with E-state index in [2.05, 4.69) is 5.32 Å². The van der Waals surface area contributed by atoms with Crippen molar-refractivity contribution in [3.8, 4) is 6.07 Å². The van der Waals surface area contributed by atoms with E-state index in [0.29, 0.717) is 12.2 Å². The molecule has 1 amide bonds. The van der Waals surface area contributed by atoms with Gasteiger partial charge in [0.05, 0.1) is 17.3 Å². The molecule has 0 aliphatic carbocycles. The predicted molar refractivity (Wildman–Crippen MR) is 65.5 cm³/mol. The predicted octanol–water partition coefficient (Wildman–Crippen LogP) is 1.41. The van der Waals surface area contributed by atoms with E-state index in [1.165, 1.54) is 12.1 Å². The first kappa shape index (κ1) is 12.5. The number of carbonyl (C=O) groups excluding carboxylic acids is 1. The molecule has 0 aromatic heterocycles. The smallest absolute Gasteiger partial charge is 0.244 e. The number of nitriles is 1. The van der Waals surface area contributed by atoms with Crippen LogP contribution in [-0.4, -0.2) is 25.5 Å². The zero-order valence-corrected chi connectivity index (χ0v) is 10.1. The maximum atomic E-state index is 13.1. The van der Waals surface area contributed by atoms with Gasteiger partial charge >= 0.3 is 0 Å². The first-order valence-electron chi connectivity index (χ1n) is 5.85. The number of nitrogens with zero attached hydrogens (tertiary/aromatic N) is 2. The highest BCUT2D eigenvalue weighted by Crippen LogP contribution is 2.25. The second-order valence-electron chi connectivity index (χ2n) is 4.25. The number of halogens is 1. The number of amides is 1. The molecule has 1 atom stereocenters. The van der Waals surface area contributed by atoms with Crippen molar-refractivity contribution in [1.82, 2.24) is 5.32 Å². The molecule has 1 unspecified atom stereocenters. The Labute approximate surface area is 105 Å². The number of hydrogen-bond acceptors (Lipinski definition) is 3. The molecule has 1 aromatic carbocycles. The summed E-state index contributed by atoms with van der Waals surface area (Å²) in [5.41, 5.74) is 0.684. The van der Waals surface area contributed by atoms with E-state index < -0.39 is 5.82 Å². The van der Waals surface area contributed by atoms with Gasteiger partial charge in [0, 0.05) is 6.54 Å². The third-order valence-electron chi connectivity index (χ3n) is 3.16. The van der Waals surface area contributed by atoms with Crippen molar-refractivity contribution in [2.75, 3.05) is 18.5 Å². The fraction of sp³-hybridized carbons (Fsp3) is 0.385. The molecule has 2 rings (SSSR count). The molecular formula is C13H14FN3O. The van der Waals surface area contributed by atoms with Crippen LogP contribution in [0.15, 0.2) is 18.2 Å². The van der Waals surface area contributed by atoms with E-state index in [0.717, 1.165) is 18.9 Å². The summed E-state index contributed by atoms with van der Waals surface area (Å²) in [5, 5.41) is 12.0. The van der Waals surface area contributed by atoms with Gasteiger partial charge in [0.1, 0.15) is 11.9 Å². The van der Waals surface area contributed by atoms with Gasteiger partial charge in [-0.1, -0.05) is 0 Å². The van der Waals surface area contributed by atoms with Crippen molar-refractivity contribution >= 4 is 11.6 Å². The quantitative estimate of drug-likeness (QED) is 0.859. The van der Waals surface area contributed by atoms with Crippen LogP contribution in [0.4, 0.5) is 10.1 Å². The molecule has 1 aliphatic rings. The molecule has 18 heavy (non-hydrogen) atoms. The maximum absolute atomic E-state index is 13.1. The lowest BCUT2D eigenvalue weighted by atomic mass is 10.0. The van der Waals surface area contributed by atoms with Crippen molar-refractivity contribution in [3.05, 3.63) is 29.6 Å². The summed E-state index contributed by atoms with van der Waals surface area (Å²) in [6, 6.07) is 5.62.